The van der Waals surface area contributed by atoms with E-state index in [2.05, 4.69) is 29.6 Å². The van der Waals surface area contributed by atoms with Gasteiger partial charge in [-0.15, -0.1) is 0 Å². The van der Waals surface area contributed by atoms with Crippen LogP contribution in [0.25, 0.3) is 0 Å². The Hall–Kier alpha value is -1.47. The molecule has 0 saturated carbocycles. The van der Waals surface area contributed by atoms with E-state index in [-0.39, 0.29) is 0 Å². The first-order chi connectivity index (χ1) is 8.34. The predicted octanol–water partition coefficient (Wildman–Crippen LogP) is 4.38. The summed E-state index contributed by atoms with van der Waals surface area (Å²) < 4.78 is 0. The number of halogens is 1. The summed E-state index contributed by atoms with van der Waals surface area (Å²) in [5, 5.41) is 4.20. The number of hydrogen-bond donors (Lipinski definition) is 1. The largest absolute Gasteiger partial charge is 0.385 e. The van der Waals surface area contributed by atoms with Crippen molar-refractivity contribution >= 4 is 17.3 Å². The first-order valence-corrected chi connectivity index (χ1v) is 6.26. The van der Waals surface area contributed by atoms with E-state index in [1.54, 1.807) is 0 Å². The Balaban J connectivity index is 1.71. The lowest BCUT2D eigenvalue weighted by molar-refractivity contribution is 0.863. The van der Waals surface area contributed by atoms with Crippen LogP contribution in [0, 0.1) is 0 Å². The molecule has 0 aliphatic heterocycles. The van der Waals surface area contributed by atoms with Crippen LogP contribution in [0.15, 0.2) is 54.6 Å². The fraction of sp³-hybridized carbons (Fsp3) is 0.200. The fourth-order valence-corrected chi connectivity index (χ4v) is 1.86. The van der Waals surface area contributed by atoms with E-state index < -0.39 is 0 Å². The van der Waals surface area contributed by atoms with Gasteiger partial charge in [-0.1, -0.05) is 41.9 Å². The molecule has 17 heavy (non-hydrogen) atoms. The Kier molecular flexibility index (Phi) is 4.45. The number of rotatable bonds is 5. The van der Waals surface area contributed by atoms with Gasteiger partial charge < -0.3 is 5.32 Å². The van der Waals surface area contributed by atoms with Gasteiger partial charge in [0.2, 0.25) is 0 Å². The minimum atomic E-state index is 0.802. The van der Waals surface area contributed by atoms with Crippen molar-refractivity contribution in [3.63, 3.8) is 0 Å². The minimum absolute atomic E-state index is 0.802. The highest BCUT2D eigenvalue weighted by Crippen LogP contribution is 2.11. The second-order valence-corrected chi connectivity index (χ2v) is 4.46. The highest BCUT2D eigenvalue weighted by molar-refractivity contribution is 6.30. The third-order valence-electron chi connectivity index (χ3n) is 2.66. The zero-order chi connectivity index (χ0) is 11.9. The molecule has 0 unspecified atom stereocenters. The highest BCUT2D eigenvalue weighted by Gasteiger charge is 1.94. The van der Waals surface area contributed by atoms with Crippen LogP contribution >= 0.6 is 11.6 Å². The Labute approximate surface area is 107 Å². The number of hydrogen-bond acceptors (Lipinski definition) is 1. The summed E-state index contributed by atoms with van der Waals surface area (Å²) in [5.74, 6) is 0. The third kappa shape index (κ3) is 4.12. The maximum atomic E-state index is 5.84. The van der Waals surface area contributed by atoms with Crippen molar-refractivity contribution in [3.05, 3.63) is 65.2 Å². The number of para-hydroxylation sites is 1. The quantitative estimate of drug-likeness (QED) is 0.771. The summed E-state index contributed by atoms with van der Waals surface area (Å²) in [6, 6.07) is 18.4. The molecule has 2 rings (SSSR count). The number of nitrogens with one attached hydrogen (secondary N) is 1. The van der Waals surface area contributed by atoms with Crippen molar-refractivity contribution in [2.24, 2.45) is 0 Å². The fourth-order valence-electron chi connectivity index (χ4n) is 1.73. The Bertz CT molecular complexity index is 436. The zero-order valence-electron chi connectivity index (χ0n) is 9.70. The van der Waals surface area contributed by atoms with Crippen molar-refractivity contribution in [1.82, 2.24) is 0 Å². The first-order valence-electron chi connectivity index (χ1n) is 5.88. The summed E-state index contributed by atoms with van der Waals surface area (Å²) in [5.41, 5.74) is 2.52. The van der Waals surface area contributed by atoms with Crippen LogP contribution in [0.3, 0.4) is 0 Å². The van der Waals surface area contributed by atoms with E-state index >= 15 is 0 Å². The summed E-state index contributed by atoms with van der Waals surface area (Å²) >= 11 is 5.84. The summed E-state index contributed by atoms with van der Waals surface area (Å²) in [4.78, 5) is 0. The average Bonchev–Trinajstić information content (AvgIpc) is 2.38. The van der Waals surface area contributed by atoms with Gasteiger partial charge >= 0.3 is 0 Å². The second-order valence-electron chi connectivity index (χ2n) is 4.02. The van der Waals surface area contributed by atoms with Gasteiger partial charge in [0.05, 0.1) is 0 Å². The normalized spacial score (nSPS) is 10.2. The molecule has 2 heteroatoms. The van der Waals surface area contributed by atoms with Crippen LogP contribution in [-0.4, -0.2) is 6.54 Å². The van der Waals surface area contributed by atoms with E-state index in [1.165, 1.54) is 11.3 Å². The number of benzene rings is 2. The lowest BCUT2D eigenvalue weighted by Gasteiger charge is -2.06. The molecule has 88 valence electrons. The molecule has 0 bridgehead atoms. The van der Waals surface area contributed by atoms with Gasteiger partial charge in [-0.2, -0.15) is 0 Å². The van der Waals surface area contributed by atoms with Crippen LogP contribution in [-0.2, 0) is 6.42 Å². The lowest BCUT2D eigenvalue weighted by atomic mass is 10.1. The highest BCUT2D eigenvalue weighted by atomic mass is 35.5. The van der Waals surface area contributed by atoms with E-state index in [0.717, 1.165) is 24.4 Å². The minimum Gasteiger partial charge on any atom is -0.385 e. The smallest absolute Gasteiger partial charge is 0.0406 e. The van der Waals surface area contributed by atoms with Crippen LogP contribution in [0.1, 0.15) is 12.0 Å². The molecule has 0 radical (unpaired) electrons. The van der Waals surface area contributed by atoms with Gasteiger partial charge in [0.25, 0.3) is 0 Å². The molecule has 1 N–H and O–H groups in total. The SMILES string of the molecule is Clc1ccc(CCCNc2ccccc2)cc1. The lowest BCUT2D eigenvalue weighted by Crippen LogP contribution is -2.02. The molecule has 0 atom stereocenters. The van der Waals surface area contributed by atoms with Crippen LogP contribution in [0.2, 0.25) is 5.02 Å². The molecule has 0 fully saturated rings. The van der Waals surface area contributed by atoms with Crippen molar-refractivity contribution in [2.75, 3.05) is 11.9 Å². The van der Waals surface area contributed by atoms with Gasteiger partial charge in [-0.25, -0.2) is 0 Å². The summed E-state index contributed by atoms with van der Waals surface area (Å²) in [6.45, 7) is 0.993. The van der Waals surface area contributed by atoms with Crippen LogP contribution < -0.4 is 5.32 Å². The van der Waals surface area contributed by atoms with Gasteiger partial charge in [0.15, 0.2) is 0 Å². The zero-order valence-corrected chi connectivity index (χ0v) is 10.5. The molecule has 0 aliphatic carbocycles. The number of anilines is 1. The van der Waals surface area contributed by atoms with Gasteiger partial charge in [-0.05, 0) is 42.7 Å². The van der Waals surface area contributed by atoms with Gasteiger partial charge in [0.1, 0.15) is 0 Å². The predicted molar refractivity (Wildman–Crippen MR) is 74.7 cm³/mol. The Morgan fingerprint density at radius 2 is 1.59 bits per heavy atom. The van der Waals surface area contributed by atoms with E-state index in [1.807, 2.05) is 30.3 Å². The Morgan fingerprint density at radius 1 is 0.882 bits per heavy atom. The third-order valence-corrected chi connectivity index (χ3v) is 2.91. The van der Waals surface area contributed by atoms with Crippen molar-refractivity contribution < 1.29 is 0 Å². The molecule has 0 aliphatic rings. The molecule has 0 amide bonds. The standard InChI is InChI=1S/C15H16ClN/c16-14-10-8-13(9-11-14)5-4-12-17-15-6-2-1-3-7-15/h1-3,6-11,17H,4-5,12H2. The van der Waals surface area contributed by atoms with E-state index in [4.69, 9.17) is 11.6 Å². The molecular formula is C15H16ClN. The van der Waals surface area contributed by atoms with Crippen LogP contribution in [0.4, 0.5) is 5.69 Å². The molecule has 2 aromatic carbocycles. The molecule has 1 nitrogen and oxygen atoms in total. The number of aryl methyl sites for hydroxylation is 1. The summed E-state index contributed by atoms with van der Waals surface area (Å²) in [7, 11) is 0. The summed E-state index contributed by atoms with van der Waals surface area (Å²) in [6.07, 6.45) is 2.20. The molecular weight excluding hydrogens is 230 g/mol. The van der Waals surface area contributed by atoms with E-state index in [9.17, 15) is 0 Å². The maximum absolute atomic E-state index is 5.84. The maximum Gasteiger partial charge on any atom is 0.0406 e. The van der Waals surface area contributed by atoms with Gasteiger partial charge in [0, 0.05) is 17.3 Å². The van der Waals surface area contributed by atoms with Gasteiger partial charge in [-0.3, -0.25) is 0 Å². The molecule has 0 aromatic heterocycles. The monoisotopic (exact) mass is 245 g/mol. The average molecular weight is 246 g/mol. The molecule has 0 heterocycles. The molecule has 0 spiro atoms. The second kappa shape index (κ2) is 6.31. The molecule has 2 aromatic rings. The van der Waals surface area contributed by atoms with Crippen molar-refractivity contribution in [2.45, 2.75) is 12.8 Å². The van der Waals surface area contributed by atoms with Crippen LogP contribution in [0.5, 0.6) is 0 Å². The van der Waals surface area contributed by atoms with Crippen molar-refractivity contribution in [1.29, 1.82) is 0 Å². The van der Waals surface area contributed by atoms with E-state index in [0.29, 0.717) is 0 Å². The molecule has 0 saturated heterocycles. The first kappa shape index (κ1) is 12.0. The van der Waals surface area contributed by atoms with Crippen molar-refractivity contribution in [3.8, 4) is 0 Å². The topological polar surface area (TPSA) is 12.0 Å². The Morgan fingerprint density at radius 3 is 2.29 bits per heavy atom.